The van der Waals surface area contributed by atoms with Gasteiger partial charge in [-0.25, -0.2) is 0 Å². The van der Waals surface area contributed by atoms with E-state index in [2.05, 4.69) is 29.1 Å². The summed E-state index contributed by atoms with van der Waals surface area (Å²) in [6.45, 7) is 5.73. The number of piperazine rings is 1. The van der Waals surface area contributed by atoms with Gasteiger partial charge in [0.25, 0.3) is 5.91 Å². The van der Waals surface area contributed by atoms with E-state index in [-0.39, 0.29) is 24.4 Å². The molecular weight excluding hydrogens is 288 g/mol. The second-order valence-electron chi connectivity index (χ2n) is 5.38. The first-order chi connectivity index (χ1) is 9.65. The smallest absolute Gasteiger partial charge is 0.254 e. The van der Waals surface area contributed by atoms with E-state index in [9.17, 15) is 4.79 Å². The zero-order chi connectivity index (χ0) is 14.1. The molecule has 1 aliphatic rings. The highest BCUT2D eigenvalue weighted by atomic mass is 35.5. The Labute approximate surface area is 130 Å². The normalized spacial score (nSPS) is 21.9. The maximum Gasteiger partial charge on any atom is 0.254 e. The fourth-order valence-corrected chi connectivity index (χ4v) is 2.57. The molecule has 0 saturated carbocycles. The number of nitrogens with zero attached hydrogens (tertiary/aromatic N) is 3. The van der Waals surface area contributed by atoms with Crippen LogP contribution in [0.15, 0.2) is 30.6 Å². The number of carbonyl (C=O) groups excluding carboxylic acids is 1. The van der Waals surface area contributed by atoms with E-state index in [1.54, 1.807) is 12.4 Å². The van der Waals surface area contributed by atoms with E-state index in [1.165, 1.54) is 0 Å². The molecule has 1 aliphatic heterocycles. The average molecular weight is 307 g/mol. The molecule has 1 N–H and O–H groups in total. The molecule has 1 aromatic carbocycles. The lowest BCUT2D eigenvalue weighted by molar-refractivity contribution is 0.0616. The second kappa shape index (κ2) is 6.37. The van der Waals surface area contributed by atoms with Crippen molar-refractivity contribution in [3.05, 3.63) is 36.2 Å². The van der Waals surface area contributed by atoms with Gasteiger partial charge in [-0.2, -0.15) is 0 Å². The standard InChI is InChI=1S/C15H18N4O.ClH/c1-10-9-19(11(2)8-18-10)15(20)12-3-4-13-14(7-12)17-6-5-16-13;/h3-7,10-11,18H,8-9H2,1-2H3;1H. The van der Waals surface area contributed by atoms with E-state index in [4.69, 9.17) is 0 Å². The zero-order valence-corrected chi connectivity index (χ0v) is 12.9. The molecule has 2 heterocycles. The van der Waals surface area contributed by atoms with Gasteiger partial charge < -0.3 is 10.2 Å². The summed E-state index contributed by atoms with van der Waals surface area (Å²) < 4.78 is 0. The van der Waals surface area contributed by atoms with Crippen LogP contribution in [0.3, 0.4) is 0 Å². The largest absolute Gasteiger partial charge is 0.333 e. The number of carbonyl (C=O) groups is 1. The third kappa shape index (κ3) is 3.14. The van der Waals surface area contributed by atoms with Crippen LogP contribution >= 0.6 is 12.4 Å². The topological polar surface area (TPSA) is 58.1 Å². The molecule has 3 rings (SSSR count). The Bertz CT molecular complexity index is 648. The van der Waals surface area contributed by atoms with Crippen molar-refractivity contribution in [3.63, 3.8) is 0 Å². The number of aromatic nitrogens is 2. The van der Waals surface area contributed by atoms with Crippen LogP contribution in [0.4, 0.5) is 0 Å². The van der Waals surface area contributed by atoms with Gasteiger partial charge in [0.15, 0.2) is 0 Å². The summed E-state index contributed by atoms with van der Waals surface area (Å²) in [5.74, 6) is 0.0680. The lowest BCUT2D eigenvalue weighted by Crippen LogP contribution is -2.56. The SMILES string of the molecule is CC1CN(C(=O)c2ccc3nccnc3c2)C(C)CN1.Cl. The van der Waals surface area contributed by atoms with Gasteiger partial charge in [0, 0.05) is 43.1 Å². The van der Waals surface area contributed by atoms with Gasteiger partial charge in [-0.15, -0.1) is 12.4 Å². The van der Waals surface area contributed by atoms with Crippen molar-refractivity contribution < 1.29 is 4.79 Å². The fraction of sp³-hybridized carbons (Fsp3) is 0.400. The van der Waals surface area contributed by atoms with Crippen LogP contribution in [-0.2, 0) is 0 Å². The first-order valence-corrected chi connectivity index (χ1v) is 6.90. The molecular formula is C15H19ClN4O. The Morgan fingerprint density at radius 3 is 2.71 bits per heavy atom. The number of hydrogen-bond donors (Lipinski definition) is 1. The Hall–Kier alpha value is -1.72. The highest BCUT2D eigenvalue weighted by molar-refractivity contribution is 5.97. The molecule has 5 nitrogen and oxygen atoms in total. The van der Waals surface area contributed by atoms with Crippen LogP contribution in [0.25, 0.3) is 11.0 Å². The van der Waals surface area contributed by atoms with Crippen molar-refractivity contribution in [1.82, 2.24) is 20.2 Å². The molecule has 0 spiro atoms. The molecule has 1 fully saturated rings. The van der Waals surface area contributed by atoms with Crippen molar-refractivity contribution in [2.45, 2.75) is 25.9 Å². The van der Waals surface area contributed by atoms with E-state index >= 15 is 0 Å². The summed E-state index contributed by atoms with van der Waals surface area (Å²) in [5.41, 5.74) is 2.25. The number of hydrogen-bond acceptors (Lipinski definition) is 4. The van der Waals surface area contributed by atoms with Gasteiger partial charge in [0.05, 0.1) is 11.0 Å². The van der Waals surface area contributed by atoms with Crippen molar-refractivity contribution in [3.8, 4) is 0 Å². The number of benzene rings is 1. The molecule has 0 radical (unpaired) electrons. The molecule has 6 heteroatoms. The quantitative estimate of drug-likeness (QED) is 0.874. The molecule has 2 unspecified atom stereocenters. The van der Waals surface area contributed by atoms with Crippen LogP contribution in [0.2, 0.25) is 0 Å². The Morgan fingerprint density at radius 1 is 1.24 bits per heavy atom. The summed E-state index contributed by atoms with van der Waals surface area (Å²) in [6, 6.07) is 6.04. The van der Waals surface area contributed by atoms with Gasteiger partial charge in [-0.3, -0.25) is 14.8 Å². The highest BCUT2D eigenvalue weighted by Gasteiger charge is 2.27. The number of fused-ring (bicyclic) bond motifs is 1. The maximum absolute atomic E-state index is 12.6. The third-order valence-corrected chi connectivity index (χ3v) is 3.74. The summed E-state index contributed by atoms with van der Waals surface area (Å²) in [5, 5.41) is 3.38. The van der Waals surface area contributed by atoms with Gasteiger partial charge in [-0.05, 0) is 32.0 Å². The maximum atomic E-state index is 12.6. The molecule has 1 amide bonds. The Morgan fingerprint density at radius 2 is 1.95 bits per heavy atom. The second-order valence-corrected chi connectivity index (χ2v) is 5.38. The van der Waals surface area contributed by atoms with Gasteiger partial charge in [-0.1, -0.05) is 0 Å². The minimum Gasteiger partial charge on any atom is -0.333 e. The number of rotatable bonds is 1. The van der Waals surface area contributed by atoms with Crippen LogP contribution in [0.1, 0.15) is 24.2 Å². The van der Waals surface area contributed by atoms with Crippen LogP contribution in [-0.4, -0.2) is 45.9 Å². The predicted molar refractivity (Wildman–Crippen MR) is 84.7 cm³/mol. The summed E-state index contributed by atoms with van der Waals surface area (Å²) in [4.78, 5) is 23.1. The third-order valence-electron chi connectivity index (χ3n) is 3.74. The van der Waals surface area contributed by atoms with Gasteiger partial charge >= 0.3 is 0 Å². The van der Waals surface area contributed by atoms with E-state index in [0.717, 1.165) is 24.1 Å². The fourth-order valence-electron chi connectivity index (χ4n) is 2.57. The number of amides is 1. The molecule has 2 aromatic rings. The van der Waals surface area contributed by atoms with E-state index in [0.29, 0.717) is 11.6 Å². The molecule has 0 bridgehead atoms. The number of nitrogens with one attached hydrogen (secondary N) is 1. The van der Waals surface area contributed by atoms with E-state index < -0.39 is 0 Å². The van der Waals surface area contributed by atoms with Crippen molar-refractivity contribution in [2.24, 2.45) is 0 Å². The van der Waals surface area contributed by atoms with E-state index in [1.807, 2.05) is 23.1 Å². The van der Waals surface area contributed by atoms with Crippen LogP contribution < -0.4 is 5.32 Å². The summed E-state index contributed by atoms with van der Waals surface area (Å²) in [7, 11) is 0. The lowest BCUT2D eigenvalue weighted by Gasteiger charge is -2.37. The average Bonchev–Trinajstić information content (AvgIpc) is 2.48. The minimum absolute atomic E-state index is 0. The Kier molecular flexibility index (Phi) is 4.75. The highest BCUT2D eigenvalue weighted by Crippen LogP contribution is 2.16. The molecule has 0 aliphatic carbocycles. The minimum atomic E-state index is 0. The van der Waals surface area contributed by atoms with Gasteiger partial charge in [0.2, 0.25) is 0 Å². The van der Waals surface area contributed by atoms with Crippen molar-refractivity contribution in [2.75, 3.05) is 13.1 Å². The van der Waals surface area contributed by atoms with Crippen molar-refractivity contribution >= 4 is 29.3 Å². The monoisotopic (exact) mass is 306 g/mol. The Balaban J connectivity index is 0.00000161. The summed E-state index contributed by atoms with van der Waals surface area (Å²) in [6.07, 6.45) is 3.30. The molecule has 2 atom stereocenters. The molecule has 1 aromatic heterocycles. The van der Waals surface area contributed by atoms with Gasteiger partial charge in [0.1, 0.15) is 0 Å². The molecule has 112 valence electrons. The summed E-state index contributed by atoms with van der Waals surface area (Å²) >= 11 is 0. The lowest BCUT2D eigenvalue weighted by atomic mass is 10.1. The molecule has 1 saturated heterocycles. The number of halogens is 1. The zero-order valence-electron chi connectivity index (χ0n) is 12.1. The van der Waals surface area contributed by atoms with Crippen molar-refractivity contribution in [1.29, 1.82) is 0 Å². The first-order valence-electron chi connectivity index (χ1n) is 6.90. The predicted octanol–water partition coefficient (Wildman–Crippen LogP) is 1.87. The van der Waals surface area contributed by atoms with Crippen LogP contribution in [0, 0.1) is 0 Å². The first kappa shape index (κ1) is 15.7. The van der Waals surface area contributed by atoms with Crippen LogP contribution in [0.5, 0.6) is 0 Å². The molecule has 21 heavy (non-hydrogen) atoms.